The van der Waals surface area contributed by atoms with E-state index in [1.807, 2.05) is 0 Å². The second-order valence-corrected chi connectivity index (χ2v) is 5.55. The SMILES string of the molecule is O=C(O)C1=Cc2c(ccc(Cl)c2Oc2ccccc2)O[C@H]1C(F)(F)F. The minimum atomic E-state index is -4.87. The summed E-state index contributed by atoms with van der Waals surface area (Å²) < 4.78 is 49.8. The van der Waals surface area contributed by atoms with E-state index in [1.54, 1.807) is 30.3 Å². The molecular formula is C17H10ClF3O4. The van der Waals surface area contributed by atoms with Gasteiger partial charge in [-0.1, -0.05) is 29.8 Å². The van der Waals surface area contributed by atoms with E-state index < -0.39 is 23.8 Å². The van der Waals surface area contributed by atoms with Crippen molar-refractivity contribution in [1.82, 2.24) is 0 Å². The van der Waals surface area contributed by atoms with Gasteiger partial charge in [0.05, 0.1) is 16.2 Å². The van der Waals surface area contributed by atoms with Gasteiger partial charge in [0.2, 0.25) is 6.10 Å². The van der Waals surface area contributed by atoms with Crippen LogP contribution >= 0.6 is 11.6 Å². The molecule has 0 fully saturated rings. The predicted molar refractivity (Wildman–Crippen MR) is 84.1 cm³/mol. The van der Waals surface area contributed by atoms with E-state index in [0.29, 0.717) is 5.75 Å². The maximum atomic E-state index is 13.1. The van der Waals surface area contributed by atoms with Gasteiger partial charge in [-0.2, -0.15) is 13.2 Å². The fourth-order valence-electron chi connectivity index (χ4n) is 2.34. The van der Waals surface area contributed by atoms with E-state index in [0.717, 1.165) is 6.08 Å². The molecule has 0 aromatic heterocycles. The fraction of sp³-hybridized carbons (Fsp3) is 0.118. The number of halogens is 4. The predicted octanol–water partition coefficient (Wildman–Crippen LogP) is 4.92. The van der Waals surface area contributed by atoms with Crippen LogP contribution in [0.1, 0.15) is 5.56 Å². The molecule has 0 saturated heterocycles. The molecule has 3 rings (SSSR count). The molecule has 1 N–H and O–H groups in total. The third-order valence-electron chi connectivity index (χ3n) is 3.44. The number of carboxylic acids is 1. The number of hydrogen-bond acceptors (Lipinski definition) is 3. The second kappa shape index (κ2) is 6.33. The largest absolute Gasteiger partial charge is 0.478 e. The molecule has 0 bridgehead atoms. The molecule has 1 aliphatic rings. The van der Waals surface area contributed by atoms with E-state index in [-0.39, 0.29) is 22.1 Å². The van der Waals surface area contributed by atoms with Crippen LogP contribution < -0.4 is 9.47 Å². The first-order valence-corrected chi connectivity index (χ1v) is 7.39. The van der Waals surface area contributed by atoms with E-state index in [4.69, 9.17) is 26.2 Å². The molecule has 0 spiro atoms. The van der Waals surface area contributed by atoms with Crippen molar-refractivity contribution in [1.29, 1.82) is 0 Å². The van der Waals surface area contributed by atoms with Gasteiger partial charge in [0.25, 0.3) is 0 Å². The number of fused-ring (bicyclic) bond motifs is 1. The third kappa shape index (κ3) is 3.41. The molecule has 0 aliphatic carbocycles. The lowest BCUT2D eigenvalue weighted by molar-refractivity contribution is -0.187. The maximum absolute atomic E-state index is 13.1. The van der Waals surface area contributed by atoms with E-state index in [9.17, 15) is 18.0 Å². The second-order valence-electron chi connectivity index (χ2n) is 5.15. The van der Waals surface area contributed by atoms with Crippen LogP contribution in [0.15, 0.2) is 48.0 Å². The van der Waals surface area contributed by atoms with Gasteiger partial charge in [0.1, 0.15) is 11.5 Å². The summed E-state index contributed by atoms with van der Waals surface area (Å²) >= 11 is 6.09. The topological polar surface area (TPSA) is 55.8 Å². The van der Waals surface area contributed by atoms with Crippen molar-refractivity contribution in [2.24, 2.45) is 0 Å². The Morgan fingerprint density at radius 1 is 1.16 bits per heavy atom. The Bertz CT molecular complexity index is 847. The van der Waals surface area contributed by atoms with Gasteiger partial charge in [-0.15, -0.1) is 0 Å². The first-order chi connectivity index (χ1) is 11.8. The van der Waals surface area contributed by atoms with Crippen molar-refractivity contribution in [2.45, 2.75) is 12.3 Å². The van der Waals surface area contributed by atoms with Crippen LogP contribution in [0, 0.1) is 0 Å². The molecule has 0 radical (unpaired) electrons. The highest BCUT2D eigenvalue weighted by molar-refractivity contribution is 6.32. The monoisotopic (exact) mass is 370 g/mol. The van der Waals surface area contributed by atoms with Crippen molar-refractivity contribution >= 4 is 23.6 Å². The Morgan fingerprint density at radius 3 is 2.44 bits per heavy atom. The molecule has 1 heterocycles. The van der Waals surface area contributed by atoms with Gasteiger partial charge in [-0.05, 0) is 30.3 Å². The van der Waals surface area contributed by atoms with Crippen molar-refractivity contribution in [3.63, 3.8) is 0 Å². The first kappa shape index (κ1) is 17.2. The zero-order valence-electron chi connectivity index (χ0n) is 12.4. The Morgan fingerprint density at radius 2 is 1.84 bits per heavy atom. The number of benzene rings is 2. The van der Waals surface area contributed by atoms with Crippen molar-refractivity contribution in [3.8, 4) is 17.2 Å². The van der Waals surface area contributed by atoms with Gasteiger partial charge in [0.15, 0.2) is 5.75 Å². The summed E-state index contributed by atoms with van der Waals surface area (Å²) in [7, 11) is 0. The minimum absolute atomic E-state index is 0.0183. The summed E-state index contributed by atoms with van der Waals surface area (Å²) in [6.45, 7) is 0. The van der Waals surface area contributed by atoms with Crippen molar-refractivity contribution in [3.05, 3.63) is 58.6 Å². The third-order valence-corrected chi connectivity index (χ3v) is 3.74. The molecule has 0 saturated carbocycles. The van der Waals surface area contributed by atoms with Crippen LogP contribution in [0.2, 0.25) is 5.02 Å². The summed E-state index contributed by atoms with van der Waals surface area (Å²) in [6, 6.07) is 11.0. The van der Waals surface area contributed by atoms with Crippen molar-refractivity contribution in [2.75, 3.05) is 0 Å². The summed E-state index contributed by atoms with van der Waals surface area (Å²) in [5.41, 5.74) is -0.908. The molecule has 4 nitrogen and oxygen atoms in total. The van der Waals surface area contributed by atoms with Crippen LogP contribution in [-0.2, 0) is 4.79 Å². The highest BCUT2D eigenvalue weighted by Crippen LogP contribution is 2.45. The number of aliphatic carboxylic acids is 1. The molecule has 1 aliphatic heterocycles. The molecule has 0 amide bonds. The molecule has 1 atom stereocenters. The standard InChI is InChI=1S/C17H10ClF3O4/c18-12-6-7-13-10(14(12)24-9-4-2-1-3-5-9)8-11(16(22)23)15(25-13)17(19,20)21/h1-8,15H,(H,22,23)/t15-/m1/s1. The van der Waals surface area contributed by atoms with Crippen LogP contribution in [0.5, 0.6) is 17.2 Å². The molecule has 2 aromatic carbocycles. The number of alkyl halides is 3. The summed E-state index contributed by atoms with van der Waals surface area (Å²) in [4.78, 5) is 11.3. The number of carboxylic acid groups (broad SMARTS) is 1. The summed E-state index contributed by atoms with van der Waals surface area (Å²) in [5.74, 6) is -1.49. The average Bonchev–Trinajstić information content (AvgIpc) is 2.56. The molecule has 8 heteroatoms. The highest BCUT2D eigenvalue weighted by Gasteiger charge is 2.48. The van der Waals surface area contributed by atoms with E-state index >= 15 is 0 Å². The number of carbonyl (C=O) groups is 1. The number of hydrogen-bond donors (Lipinski definition) is 1. The number of ether oxygens (including phenoxy) is 2. The summed E-state index contributed by atoms with van der Waals surface area (Å²) in [5, 5.41) is 9.23. The Labute approximate surface area is 145 Å². The minimum Gasteiger partial charge on any atom is -0.478 e. The average molecular weight is 371 g/mol. The molecule has 130 valence electrons. The lowest BCUT2D eigenvalue weighted by Crippen LogP contribution is -2.40. The molecule has 2 aromatic rings. The Kier molecular flexibility index (Phi) is 4.34. The quantitative estimate of drug-likeness (QED) is 0.833. The normalized spacial score (nSPS) is 16.5. The highest BCUT2D eigenvalue weighted by atomic mass is 35.5. The zero-order valence-corrected chi connectivity index (χ0v) is 13.1. The van der Waals surface area contributed by atoms with E-state index in [2.05, 4.69) is 0 Å². The van der Waals surface area contributed by atoms with Crippen LogP contribution in [0.25, 0.3) is 6.08 Å². The lowest BCUT2D eigenvalue weighted by atomic mass is 10.0. The van der Waals surface area contributed by atoms with Gasteiger partial charge in [0, 0.05) is 0 Å². The summed E-state index contributed by atoms with van der Waals surface area (Å²) in [6.07, 6.45) is -6.56. The van der Waals surface area contributed by atoms with Crippen LogP contribution in [0.3, 0.4) is 0 Å². The van der Waals surface area contributed by atoms with Crippen molar-refractivity contribution < 1.29 is 32.5 Å². The molecule has 25 heavy (non-hydrogen) atoms. The smallest absolute Gasteiger partial charge is 0.430 e. The van der Waals surface area contributed by atoms with Gasteiger partial charge in [-0.25, -0.2) is 4.79 Å². The Balaban J connectivity index is 2.11. The zero-order chi connectivity index (χ0) is 18.2. The van der Waals surface area contributed by atoms with Crippen LogP contribution in [-0.4, -0.2) is 23.4 Å². The number of para-hydroxylation sites is 1. The molecule has 0 unspecified atom stereocenters. The lowest BCUT2D eigenvalue weighted by Gasteiger charge is -2.28. The van der Waals surface area contributed by atoms with Gasteiger partial charge >= 0.3 is 12.1 Å². The van der Waals surface area contributed by atoms with Gasteiger partial charge in [-0.3, -0.25) is 0 Å². The van der Waals surface area contributed by atoms with E-state index in [1.165, 1.54) is 12.1 Å². The number of rotatable bonds is 3. The maximum Gasteiger partial charge on any atom is 0.430 e. The Hall–Kier alpha value is -2.67. The van der Waals surface area contributed by atoms with Gasteiger partial charge < -0.3 is 14.6 Å². The van der Waals surface area contributed by atoms with Crippen LogP contribution in [0.4, 0.5) is 13.2 Å². The first-order valence-electron chi connectivity index (χ1n) is 7.01. The fourth-order valence-corrected chi connectivity index (χ4v) is 2.55. The molecular weight excluding hydrogens is 361 g/mol.